The molecule has 1 saturated heterocycles. The molecule has 0 bridgehead atoms. The number of hydrogen-bond donors (Lipinski definition) is 1. The highest BCUT2D eigenvalue weighted by atomic mass is 16.6. The number of carboxylic acid groups (broad SMARTS) is 1. The van der Waals surface area contributed by atoms with E-state index in [0.29, 0.717) is 6.42 Å². The Kier molecular flexibility index (Phi) is 4.97. The maximum atomic E-state index is 12.1. The van der Waals surface area contributed by atoms with Crippen LogP contribution in [0.4, 0.5) is 4.79 Å². The minimum atomic E-state index is -1.47. The van der Waals surface area contributed by atoms with Gasteiger partial charge in [0.1, 0.15) is 5.60 Å². The Morgan fingerprint density at radius 2 is 1.85 bits per heavy atom. The molecule has 1 heterocycles. The number of carbonyl (C=O) groups is 3. The van der Waals surface area contributed by atoms with Crippen LogP contribution < -0.4 is 0 Å². The smallest absolute Gasteiger partial charge is 0.410 e. The number of carbonyl (C=O) groups excluding carboxylic acids is 2. The van der Waals surface area contributed by atoms with Crippen LogP contribution in [-0.4, -0.2) is 64.2 Å². The van der Waals surface area contributed by atoms with Crippen molar-refractivity contribution in [2.75, 3.05) is 19.6 Å². The summed E-state index contributed by atoms with van der Waals surface area (Å²) < 4.78 is 5.32. The Bertz CT molecular complexity index is 402. The Labute approximate surface area is 118 Å². The van der Waals surface area contributed by atoms with Gasteiger partial charge >= 0.3 is 18.0 Å². The average Bonchev–Trinajstić information content (AvgIpc) is 2.34. The fraction of sp³-hybridized carbons (Fsp3) is 0.769. The van der Waals surface area contributed by atoms with Crippen LogP contribution in [0.15, 0.2) is 0 Å². The largest absolute Gasteiger partial charge is 0.474 e. The minimum absolute atomic E-state index is 0.209. The van der Waals surface area contributed by atoms with Crippen molar-refractivity contribution in [3.8, 4) is 0 Å². The second-order valence-corrected chi connectivity index (χ2v) is 5.79. The third-order valence-electron chi connectivity index (χ3n) is 3.05. The molecule has 1 aliphatic heterocycles. The Morgan fingerprint density at radius 1 is 1.25 bits per heavy atom. The lowest BCUT2D eigenvalue weighted by molar-refractivity contribution is -0.157. The van der Waals surface area contributed by atoms with Gasteiger partial charge in [-0.05, 0) is 27.2 Å². The van der Waals surface area contributed by atoms with Crippen LogP contribution in [0.2, 0.25) is 0 Å². The summed E-state index contributed by atoms with van der Waals surface area (Å²) >= 11 is 0. The molecule has 0 aromatic heterocycles. The first-order valence-electron chi connectivity index (χ1n) is 6.67. The number of amides is 2. The molecule has 114 valence electrons. The number of carboxylic acids is 1. The molecule has 20 heavy (non-hydrogen) atoms. The van der Waals surface area contributed by atoms with E-state index in [0.717, 1.165) is 0 Å². The first kappa shape index (κ1) is 16.3. The van der Waals surface area contributed by atoms with Gasteiger partial charge in [-0.2, -0.15) is 0 Å². The highest BCUT2D eigenvalue weighted by Gasteiger charge is 2.35. The number of rotatable bonds is 1. The molecule has 7 nitrogen and oxygen atoms in total. The monoisotopic (exact) mass is 286 g/mol. The van der Waals surface area contributed by atoms with E-state index in [4.69, 9.17) is 9.84 Å². The Hall–Kier alpha value is -1.79. The lowest BCUT2D eigenvalue weighted by atomic mass is 10.1. The molecule has 0 radical (unpaired) electrons. The summed E-state index contributed by atoms with van der Waals surface area (Å²) in [4.78, 5) is 37.1. The maximum Gasteiger partial charge on any atom is 0.410 e. The molecular weight excluding hydrogens is 264 g/mol. The van der Waals surface area contributed by atoms with Crippen molar-refractivity contribution in [1.29, 1.82) is 0 Å². The van der Waals surface area contributed by atoms with Crippen LogP contribution in [0, 0.1) is 0 Å². The first-order chi connectivity index (χ1) is 9.15. The fourth-order valence-corrected chi connectivity index (χ4v) is 2.09. The fourth-order valence-electron chi connectivity index (χ4n) is 2.09. The van der Waals surface area contributed by atoms with E-state index in [-0.39, 0.29) is 25.7 Å². The summed E-state index contributed by atoms with van der Waals surface area (Å²) in [5.74, 6) is -2.39. The Morgan fingerprint density at radius 3 is 2.30 bits per heavy atom. The van der Waals surface area contributed by atoms with Crippen molar-refractivity contribution in [1.82, 2.24) is 9.80 Å². The summed E-state index contributed by atoms with van der Waals surface area (Å²) in [6, 6.07) is -0.220. The lowest BCUT2D eigenvalue weighted by Crippen LogP contribution is -2.58. The molecule has 0 aromatic carbocycles. The summed E-state index contributed by atoms with van der Waals surface area (Å²) in [7, 11) is 0. The maximum absolute atomic E-state index is 12.1. The molecule has 7 heteroatoms. The van der Waals surface area contributed by atoms with Crippen LogP contribution in [-0.2, 0) is 14.3 Å². The molecule has 0 spiro atoms. The molecular formula is C13H22N2O5. The predicted molar refractivity (Wildman–Crippen MR) is 71.2 cm³/mol. The predicted octanol–water partition coefficient (Wildman–Crippen LogP) is 0.929. The zero-order valence-electron chi connectivity index (χ0n) is 12.4. The van der Waals surface area contributed by atoms with E-state index in [1.165, 1.54) is 4.90 Å². The standard InChI is InChI=1S/C13H22N2O5/c1-5-9-8-14(10(16)11(17)18)6-7-15(9)12(19)20-13(2,3)4/h9H,5-8H2,1-4H3,(H,17,18). The van der Waals surface area contributed by atoms with Gasteiger partial charge in [-0.3, -0.25) is 4.79 Å². The normalized spacial score (nSPS) is 19.7. The quantitative estimate of drug-likeness (QED) is 0.724. The second-order valence-electron chi connectivity index (χ2n) is 5.79. The SMILES string of the molecule is CCC1CN(C(=O)C(=O)O)CCN1C(=O)OC(C)(C)C. The van der Waals surface area contributed by atoms with Gasteiger partial charge in [-0.25, -0.2) is 9.59 Å². The highest BCUT2D eigenvalue weighted by Crippen LogP contribution is 2.17. The molecule has 0 saturated carbocycles. The van der Waals surface area contributed by atoms with E-state index in [2.05, 4.69) is 0 Å². The number of hydrogen-bond acceptors (Lipinski definition) is 4. The van der Waals surface area contributed by atoms with Gasteiger partial charge < -0.3 is 19.6 Å². The molecule has 0 aliphatic carbocycles. The number of ether oxygens (including phenoxy) is 1. The van der Waals surface area contributed by atoms with Gasteiger partial charge in [-0.15, -0.1) is 0 Å². The number of aliphatic carboxylic acids is 1. The highest BCUT2D eigenvalue weighted by molar-refractivity contribution is 6.31. The van der Waals surface area contributed by atoms with Crippen LogP contribution in [0.25, 0.3) is 0 Å². The second kappa shape index (κ2) is 6.11. The van der Waals surface area contributed by atoms with Crippen LogP contribution >= 0.6 is 0 Å². The molecule has 1 atom stereocenters. The van der Waals surface area contributed by atoms with E-state index in [9.17, 15) is 14.4 Å². The summed E-state index contributed by atoms with van der Waals surface area (Å²) in [6.45, 7) is 7.97. The average molecular weight is 286 g/mol. The van der Waals surface area contributed by atoms with Crippen molar-refractivity contribution in [2.45, 2.75) is 45.8 Å². The number of piperazine rings is 1. The number of nitrogens with zero attached hydrogens (tertiary/aromatic N) is 2. The molecule has 1 aliphatic rings. The molecule has 1 rings (SSSR count). The van der Waals surface area contributed by atoms with Gasteiger partial charge in [0, 0.05) is 19.6 Å². The van der Waals surface area contributed by atoms with Crippen molar-refractivity contribution in [3.63, 3.8) is 0 Å². The zero-order valence-corrected chi connectivity index (χ0v) is 12.4. The lowest BCUT2D eigenvalue weighted by Gasteiger charge is -2.40. The van der Waals surface area contributed by atoms with Gasteiger partial charge in [0.25, 0.3) is 0 Å². The molecule has 2 amide bonds. The zero-order chi connectivity index (χ0) is 15.5. The van der Waals surface area contributed by atoms with Gasteiger partial charge in [0.2, 0.25) is 0 Å². The van der Waals surface area contributed by atoms with E-state index in [1.807, 2.05) is 6.92 Å². The van der Waals surface area contributed by atoms with E-state index < -0.39 is 23.6 Å². The molecule has 1 N–H and O–H groups in total. The summed E-state index contributed by atoms with van der Waals surface area (Å²) in [5.41, 5.74) is -0.580. The minimum Gasteiger partial charge on any atom is -0.474 e. The van der Waals surface area contributed by atoms with Crippen molar-refractivity contribution < 1.29 is 24.2 Å². The molecule has 1 unspecified atom stereocenters. The summed E-state index contributed by atoms with van der Waals surface area (Å²) in [6.07, 6.45) is 0.203. The third-order valence-corrected chi connectivity index (χ3v) is 3.05. The first-order valence-corrected chi connectivity index (χ1v) is 6.67. The topological polar surface area (TPSA) is 87.2 Å². The van der Waals surface area contributed by atoms with E-state index >= 15 is 0 Å². The van der Waals surface area contributed by atoms with Gasteiger partial charge in [-0.1, -0.05) is 6.92 Å². The van der Waals surface area contributed by atoms with Gasteiger partial charge in [0.05, 0.1) is 6.04 Å². The van der Waals surface area contributed by atoms with E-state index in [1.54, 1.807) is 25.7 Å². The molecule has 1 fully saturated rings. The van der Waals surface area contributed by atoms with Gasteiger partial charge in [0.15, 0.2) is 0 Å². The Balaban J connectivity index is 2.72. The summed E-state index contributed by atoms with van der Waals surface area (Å²) in [5, 5.41) is 8.72. The molecule has 0 aromatic rings. The van der Waals surface area contributed by atoms with Crippen molar-refractivity contribution in [3.05, 3.63) is 0 Å². The van der Waals surface area contributed by atoms with Crippen molar-refractivity contribution in [2.24, 2.45) is 0 Å². The van der Waals surface area contributed by atoms with Crippen LogP contribution in [0.1, 0.15) is 34.1 Å². The van der Waals surface area contributed by atoms with Crippen LogP contribution in [0.3, 0.4) is 0 Å². The van der Waals surface area contributed by atoms with Crippen molar-refractivity contribution >= 4 is 18.0 Å². The third kappa shape index (κ3) is 4.11. The van der Waals surface area contributed by atoms with Crippen LogP contribution in [0.5, 0.6) is 0 Å².